The average Bonchev–Trinajstić information content (AvgIpc) is 3.26. The van der Waals surface area contributed by atoms with E-state index in [0.717, 1.165) is 30.5 Å². The molecule has 2 atom stereocenters. The van der Waals surface area contributed by atoms with Crippen LogP contribution in [0.4, 0.5) is 5.13 Å². The quantitative estimate of drug-likeness (QED) is 0.701. The summed E-state index contributed by atoms with van der Waals surface area (Å²) in [6.45, 7) is 7.72. The van der Waals surface area contributed by atoms with Gasteiger partial charge in [0.1, 0.15) is 0 Å². The van der Waals surface area contributed by atoms with Crippen molar-refractivity contribution in [3.63, 3.8) is 0 Å². The van der Waals surface area contributed by atoms with Gasteiger partial charge in [0.05, 0.1) is 10.2 Å². The van der Waals surface area contributed by atoms with Crippen molar-refractivity contribution in [2.24, 2.45) is 10.8 Å². The molecule has 29 heavy (non-hydrogen) atoms. The van der Waals surface area contributed by atoms with Crippen molar-refractivity contribution >= 4 is 44.4 Å². The maximum absolute atomic E-state index is 13.3. The number of aromatic nitrogens is 1. The van der Waals surface area contributed by atoms with Gasteiger partial charge in [0.15, 0.2) is 5.13 Å². The lowest BCUT2D eigenvalue weighted by atomic mass is 9.65. The molecule has 2 saturated heterocycles. The molecule has 3 amide bonds. The van der Waals surface area contributed by atoms with E-state index in [2.05, 4.69) is 30.7 Å². The Balaban J connectivity index is 1.44. The molecule has 3 aliphatic rings. The van der Waals surface area contributed by atoms with Crippen LogP contribution in [0.3, 0.4) is 0 Å². The maximum atomic E-state index is 13.3. The lowest BCUT2D eigenvalue weighted by Crippen LogP contribution is -2.37. The average molecular weight is 412 g/mol. The molecule has 1 aromatic carbocycles. The zero-order valence-corrected chi connectivity index (χ0v) is 17.8. The molecular formula is C22H25N3O3S. The molecule has 1 aromatic heterocycles. The van der Waals surface area contributed by atoms with Gasteiger partial charge in [-0.2, -0.15) is 0 Å². The number of fused-ring (bicyclic) bond motifs is 3. The normalized spacial score (nSPS) is 28.6. The zero-order valence-electron chi connectivity index (χ0n) is 17.0. The Kier molecular flexibility index (Phi) is 3.95. The third kappa shape index (κ3) is 3.06. The maximum Gasteiger partial charge on any atom is 0.254 e. The van der Waals surface area contributed by atoms with Crippen molar-refractivity contribution in [3.8, 4) is 0 Å². The molecule has 152 valence electrons. The van der Waals surface area contributed by atoms with Gasteiger partial charge in [0.25, 0.3) is 5.91 Å². The standard InChI is InChI=1S/C22H25N3O3S/c1-21(2)9-14-10-22(3,11-21)12-24(14)19(28)13-4-5-15-16(8-13)29-20(23-15)25-17(26)6-7-18(25)27/h4-5,8,14H,6-7,9-12H2,1-3H3/t14-,22+/m0/s1. The summed E-state index contributed by atoms with van der Waals surface area (Å²) in [4.78, 5) is 45.1. The Bertz CT molecular complexity index is 1040. The molecular weight excluding hydrogens is 386 g/mol. The first-order valence-corrected chi connectivity index (χ1v) is 11.0. The second-order valence-corrected chi connectivity index (χ2v) is 11.0. The largest absolute Gasteiger partial charge is 0.335 e. The second-order valence-electron chi connectivity index (χ2n) is 9.95. The molecule has 6 nitrogen and oxygen atoms in total. The fraction of sp³-hybridized carbons (Fsp3) is 0.545. The molecule has 3 fully saturated rings. The third-order valence-electron chi connectivity index (χ3n) is 6.54. The first kappa shape index (κ1) is 18.7. The molecule has 2 aliphatic heterocycles. The molecule has 0 spiro atoms. The number of hydrogen-bond donors (Lipinski definition) is 0. The van der Waals surface area contributed by atoms with Gasteiger partial charge in [0, 0.05) is 31.0 Å². The smallest absolute Gasteiger partial charge is 0.254 e. The number of rotatable bonds is 2. The van der Waals surface area contributed by atoms with Gasteiger partial charge in [-0.15, -0.1) is 0 Å². The molecule has 0 N–H and O–H groups in total. The summed E-state index contributed by atoms with van der Waals surface area (Å²) < 4.78 is 0.826. The summed E-state index contributed by atoms with van der Waals surface area (Å²) in [5.74, 6) is -0.335. The topological polar surface area (TPSA) is 70.6 Å². The summed E-state index contributed by atoms with van der Waals surface area (Å²) in [6, 6.07) is 5.79. The van der Waals surface area contributed by atoms with Crippen LogP contribution in [0.5, 0.6) is 0 Å². The minimum absolute atomic E-state index is 0.0709. The minimum atomic E-state index is -0.203. The van der Waals surface area contributed by atoms with Gasteiger partial charge < -0.3 is 4.90 Å². The van der Waals surface area contributed by atoms with Gasteiger partial charge in [-0.05, 0) is 48.3 Å². The van der Waals surface area contributed by atoms with Crippen molar-refractivity contribution in [3.05, 3.63) is 23.8 Å². The van der Waals surface area contributed by atoms with E-state index in [1.165, 1.54) is 16.2 Å². The van der Waals surface area contributed by atoms with Crippen LogP contribution < -0.4 is 4.90 Å². The van der Waals surface area contributed by atoms with E-state index in [-0.39, 0.29) is 41.4 Å². The summed E-state index contributed by atoms with van der Waals surface area (Å²) in [5.41, 5.74) is 1.82. The number of benzene rings is 1. The predicted molar refractivity (Wildman–Crippen MR) is 112 cm³/mol. The lowest BCUT2D eigenvalue weighted by molar-refractivity contribution is -0.121. The summed E-state index contributed by atoms with van der Waals surface area (Å²) in [6.07, 6.45) is 3.75. The first-order chi connectivity index (χ1) is 13.6. The Morgan fingerprint density at radius 3 is 2.59 bits per heavy atom. The Labute approximate surface area is 173 Å². The molecule has 2 aromatic rings. The predicted octanol–water partition coefficient (Wildman–Crippen LogP) is 3.99. The van der Waals surface area contributed by atoms with Gasteiger partial charge in [-0.25, -0.2) is 9.88 Å². The number of anilines is 1. The summed E-state index contributed by atoms with van der Waals surface area (Å²) in [5, 5.41) is 0.406. The highest BCUT2D eigenvalue weighted by Crippen LogP contribution is 2.52. The van der Waals surface area contributed by atoms with Gasteiger partial charge in [-0.3, -0.25) is 14.4 Å². The summed E-state index contributed by atoms with van der Waals surface area (Å²) >= 11 is 1.30. The molecule has 1 saturated carbocycles. The highest BCUT2D eigenvalue weighted by Gasteiger charge is 2.51. The van der Waals surface area contributed by atoms with Gasteiger partial charge >= 0.3 is 0 Å². The molecule has 1 aliphatic carbocycles. The lowest BCUT2D eigenvalue weighted by Gasteiger charge is -2.39. The zero-order chi connectivity index (χ0) is 20.6. The molecule has 2 bridgehead atoms. The van der Waals surface area contributed by atoms with Crippen LogP contribution in [0.15, 0.2) is 18.2 Å². The molecule has 3 heterocycles. The van der Waals surface area contributed by atoms with E-state index in [4.69, 9.17) is 0 Å². The van der Waals surface area contributed by atoms with Crippen LogP contribution in [0.25, 0.3) is 10.2 Å². The van der Waals surface area contributed by atoms with Crippen LogP contribution in [0.2, 0.25) is 0 Å². The van der Waals surface area contributed by atoms with Crippen molar-refractivity contribution in [2.75, 3.05) is 11.4 Å². The highest BCUT2D eigenvalue weighted by atomic mass is 32.1. The van der Waals surface area contributed by atoms with Crippen molar-refractivity contribution in [1.82, 2.24) is 9.88 Å². The van der Waals surface area contributed by atoms with Crippen molar-refractivity contribution < 1.29 is 14.4 Å². The van der Waals surface area contributed by atoms with Crippen molar-refractivity contribution in [1.29, 1.82) is 0 Å². The number of carbonyl (C=O) groups is 3. The van der Waals surface area contributed by atoms with Crippen LogP contribution in [0.1, 0.15) is 63.2 Å². The fourth-order valence-corrected chi connectivity index (χ4v) is 6.83. The van der Waals surface area contributed by atoms with E-state index in [9.17, 15) is 14.4 Å². The Hall–Kier alpha value is -2.28. The number of hydrogen-bond acceptors (Lipinski definition) is 5. The van der Waals surface area contributed by atoms with Crippen molar-refractivity contribution in [2.45, 2.75) is 58.9 Å². The van der Waals surface area contributed by atoms with E-state index in [0.29, 0.717) is 22.3 Å². The molecule has 7 heteroatoms. The number of thiazole rings is 1. The number of likely N-dealkylation sites (tertiary alicyclic amines) is 1. The van der Waals surface area contributed by atoms with Gasteiger partial charge in [-0.1, -0.05) is 32.1 Å². The number of amides is 3. The van der Waals surface area contributed by atoms with Crippen LogP contribution >= 0.6 is 11.3 Å². The molecule has 0 unspecified atom stereocenters. The van der Waals surface area contributed by atoms with Crippen LogP contribution in [0, 0.1) is 10.8 Å². The van der Waals surface area contributed by atoms with Gasteiger partial charge in [0.2, 0.25) is 11.8 Å². The van der Waals surface area contributed by atoms with E-state index < -0.39 is 0 Å². The van der Waals surface area contributed by atoms with E-state index in [1.807, 2.05) is 18.2 Å². The number of nitrogens with zero attached hydrogens (tertiary/aromatic N) is 3. The highest BCUT2D eigenvalue weighted by molar-refractivity contribution is 7.22. The van der Waals surface area contributed by atoms with E-state index >= 15 is 0 Å². The SMILES string of the molecule is CC1(C)C[C@H]2C[C@@](C)(CN2C(=O)c2ccc3nc(N4C(=O)CCC4=O)sc3c2)C1. The van der Waals surface area contributed by atoms with Crippen LogP contribution in [-0.2, 0) is 9.59 Å². The van der Waals surface area contributed by atoms with Crippen LogP contribution in [-0.4, -0.2) is 40.2 Å². The second kappa shape index (κ2) is 6.11. The Morgan fingerprint density at radius 2 is 1.86 bits per heavy atom. The molecule has 5 rings (SSSR count). The molecule has 0 radical (unpaired) electrons. The fourth-order valence-electron chi connectivity index (χ4n) is 5.79. The number of carbonyl (C=O) groups excluding carboxylic acids is 3. The minimum Gasteiger partial charge on any atom is -0.335 e. The first-order valence-electron chi connectivity index (χ1n) is 10.2. The number of imide groups is 1. The van der Waals surface area contributed by atoms with E-state index in [1.54, 1.807) is 0 Å². The Morgan fingerprint density at radius 1 is 1.14 bits per heavy atom. The summed E-state index contributed by atoms with van der Waals surface area (Å²) in [7, 11) is 0. The monoisotopic (exact) mass is 411 g/mol. The third-order valence-corrected chi connectivity index (χ3v) is 7.55.